The Morgan fingerprint density at radius 2 is 1.90 bits per heavy atom. The minimum Gasteiger partial charge on any atom is -0.497 e. The summed E-state index contributed by atoms with van der Waals surface area (Å²) in [5.41, 5.74) is 1.65. The van der Waals surface area contributed by atoms with Crippen molar-refractivity contribution >= 4 is 23.4 Å². The molecule has 0 aliphatic carbocycles. The molecule has 0 saturated carbocycles. The van der Waals surface area contributed by atoms with E-state index in [2.05, 4.69) is 29.4 Å². The molecule has 0 bridgehead atoms. The van der Waals surface area contributed by atoms with Crippen LogP contribution in [-0.2, 0) is 11.3 Å². The molecular formula is C23H28N4O3S. The number of carbonyl (C=O) groups is 1. The summed E-state index contributed by atoms with van der Waals surface area (Å²) in [6, 6.07) is 15.1. The Bertz CT molecular complexity index is 1000. The van der Waals surface area contributed by atoms with Crippen LogP contribution in [0.4, 0.5) is 5.69 Å². The SMILES string of the molecule is CCn1c(SCC(=O)Nc2cccc(OC)c2)nnc1-c1ccc(OCC(C)C)cc1. The molecule has 8 heteroatoms. The Labute approximate surface area is 187 Å². The summed E-state index contributed by atoms with van der Waals surface area (Å²) < 4.78 is 12.9. The lowest BCUT2D eigenvalue weighted by molar-refractivity contribution is -0.113. The van der Waals surface area contributed by atoms with Crippen molar-refractivity contribution in [2.24, 2.45) is 5.92 Å². The van der Waals surface area contributed by atoms with Crippen molar-refractivity contribution in [2.75, 3.05) is 24.8 Å². The molecule has 0 spiro atoms. The molecule has 0 radical (unpaired) electrons. The van der Waals surface area contributed by atoms with Crippen LogP contribution in [0.2, 0.25) is 0 Å². The molecule has 164 valence electrons. The average Bonchev–Trinajstić information content (AvgIpc) is 3.19. The maximum absolute atomic E-state index is 12.4. The van der Waals surface area contributed by atoms with E-state index in [9.17, 15) is 4.79 Å². The van der Waals surface area contributed by atoms with E-state index in [0.717, 1.165) is 17.1 Å². The molecule has 1 N–H and O–H groups in total. The molecule has 0 atom stereocenters. The number of aromatic nitrogens is 3. The van der Waals surface area contributed by atoms with E-state index in [1.807, 2.05) is 54.0 Å². The van der Waals surface area contributed by atoms with Gasteiger partial charge in [-0.15, -0.1) is 10.2 Å². The van der Waals surface area contributed by atoms with Crippen molar-refractivity contribution in [3.63, 3.8) is 0 Å². The fourth-order valence-electron chi connectivity index (χ4n) is 2.89. The van der Waals surface area contributed by atoms with Crippen molar-refractivity contribution in [2.45, 2.75) is 32.5 Å². The van der Waals surface area contributed by atoms with Crippen LogP contribution in [0.25, 0.3) is 11.4 Å². The maximum atomic E-state index is 12.4. The largest absolute Gasteiger partial charge is 0.497 e. The number of ether oxygens (including phenoxy) is 2. The van der Waals surface area contributed by atoms with E-state index < -0.39 is 0 Å². The number of hydrogen-bond acceptors (Lipinski definition) is 6. The summed E-state index contributed by atoms with van der Waals surface area (Å²) in [5.74, 6) is 2.90. The van der Waals surface area contributed by atoms with Crippen LogP contribution in [0.5, 0.6) is 11.5 Å². The highest BCUT2D eigenvalue weighted by molar-refractivity contribution is 7.99. The lowest BCUT2D eigenvalue weighted by Crippen LogP contribution is -2.14. The van der Waals surface area contributed by atoms with Gasteiger partial charge in [-0.25, -0.2) is 0 Å². The summed E-state index contributed by atoms with van der Waals surface area (Å²) >= 11 is 1.36. The quantitative estimate of drug-likeness (QED) is 0.459. The van der Waals surface area contributed by atoms with Gasteiger partial charge >= 0.3 is 0 Å². The summed E-state index contributed by atoms with van der Waals surface area (Å²) in [5, 5.41) is 12.2. The first-order valence-electron chi connectivity index (χ1n) is 10.2. The summed E-state index contributed by atoms with van der Waals surface area (Å²) in [4.78, 5) is 12.4. The van der Waals surface area contributed by atoms with Crippen LogP contribution in [0.3, 0.4) is 0 Å². The molecule has 0 fully saturated rings. The molecule has 0 aliphatic rings. The zero-order valence-corrected chi connectivity index (χ0v) is 19.1. The number of carbonyl (C=O) groups excluding carboxylic acids is 1. The highest BCUT2D eigenvalue weighted by Gasteiger charge is 2.15. The van der Waals surface area contributed by atoms with Gasteiger partial charge < -0.3 is 19.4 Å². The number of hydrogen-bond donors (Lipinski definition) is 1. The zero-order chi connectivity index (χ0) is 22.2. The van der Waals surface area contributed by atoms with Crippen molar-refractivity contribution < 1.29 is 14.3 Å². The Kier molecular flexibility index (Phi) is 7.94. The Hall–Kier alpha value is -3.00. The van der Waals surface area contributed by atoms with Crippen LogP contribution in [0, 0.1) is 5.92 Å². The second-order valence-electron chi connectivity index (χ2n) is 7.35. The molecule has 1 aromatic heterocycles. The second kappa shape index (κ2) is 10.9. The van der Waals surface area contributed by atoms with Gasteiger partial charge in [-0.05, 0) is 49.2 Å². The molecule has 1 heterocycles. The number of amides is 1. The van der Waals surface area contributed by atoms with Gasteiger partial charge in [0, 0.05) is 23.9 Å². The molecule has 31 heavy (non-hydrogen) atoms. The molecule has 0 unspecified atom stereocenters. The number of rotatable bonds is 10. The zero-order valence-electron chi connectivity index (χ0n) is 18.3. The number of thioether (sulfide) groups is 1. The highest BCUT2D eigenvalue weighted by Crippen LogP contribution is 2.26. The molecule has 2 aromatic carbocycles. The third-order valence-electron chi connectivity index (χ3n) is 4.41. The normalized spacial score (nSPS) is 10.9. The van der Waals surface area contributed by atoms with E-state index in [1.54, 1.807) is 13.2 Å². The minimum atomic E-state index is -0.114. The number of benzene rings is 2. The van der Waals surface area contributed by atoms with Gasteiger partial charge in [0.2, 0.25) is 5.91 Å². The predicted molar refractivity (Wildman–Crippen MR) is 124 cm³/mol. The Morgan fingerprint density at radius 3 is 2.58 bits per heavy atom. The van der Waals surface area contributed by atoms with Gasteiger partial charge in [0.05, 0.1) is 19.5 Å². The highest BCUT2D eigenvalue weighted by atomic mass is 32.2. The smallest absolute Gasteiger partial charge is 0.234 e. The number of anilines is 1. The van der Waals surface area contributed by atoms with E-state index in [0.29, 0.717) is 35.7 Å². The monoisotopic (exact) mass is 440 g/mol. The molecule has 0 aliphatic heterocycles. The van der Waals surface area contributed by atoms with Crippen LogP contribution in [-0.4, -0.2) is 40.1 Å². The van der Waals surface area contributed by atoms with Crippen molar-refractivity contribution in [3.05, 3.63) is 48.5 Å². The molecular weight excluding hydrogens is 412 g/mol. The van der Waals surface area contributed by atoms with Gasteiger partial charge in [0.15, 0.2) is 11.0 Å². The van der Waals surface area contributed by atoms with E-state index in [-0.39, 0.29) is 11.7 Å². The minimum absolute atomic E-state index is 0.114. The van der Waals surface area contributed by atoms with Gasteiger partial charge in [-0.2, -0.15) is 0 Å². The Morgan fingerprint density at radius 1 is 1.13 bits per heavy atom. The fraction of sp³-hybridized carbons (Fsp3) is 0.348. The second-order valence-corrected chi connectivity index (χ2v) is 8.29. The topological polar surface area (TPSA) is 78.3 Å². The first kappa shape index (κ1) is 22.7. The van der Waals surface area contributed by atoms with E-state index in [1.165, 1.54) is 11.8 Å². The van der Waals surface area contributed by atoms with Crippen LogP contribution >= 0.6 is 11.8 Å². The van der Waals surface area contributed by atoms with Crippen LogP contribution in [0.1, 0.15) is 20.8 Å². The molecule has 1 amide bonds. The average molecular weight is 441 g/mol. The molecule has 3 aromatic rings. The van der Waals surface area contributed by atoms with Gasteiger partial charge in [-0.3, -0.25) is 4.79 Å². The van der Waals surface area contributed by atoms with Gasteiger partial charge in [0.1, 0.15) is 11.5 Å². The lowest BCUT2D eigenvalue weighted by atomic mass is 10.2. The van der Waals surface area contributed by atoms with E-state index >= 15 is 0 Å². The maximum Gasteiger partial charge on any atom is 0.234 e. The molecule has 0 saturated heterocycles. The van der Waals surface area contributed by atoms with Crippen molar-refractivity contribution in [1.29, 1.82) is 0 Å². The number of nitrogens with zero attached hydrogens (tertiary/aromatic N) is 3. The first-order valence-corrected chi connectivity index (χ1v) is 11.2. The summed E-state index contributed by atoms with van der Waals surface area (Å²) in [6.45, 7) is 7.66. The number of methoxy groups -OCH3 is 1. The predicted octanol–water partition coefficient (Wildman–Crippen LogP) is 4.74. The van der Waals surface area contributed by atoms with E-state index in [4.69, 9.17) is 9.47 Å². The Balaban J connectivity index is 1.63. The third-order valence-corrected chi connectivity index (χ3v) is 5.38. The third kappa shape index (κ3) is 6.24. The van der Waals surface area contributed by atoms with Crippen LogP contribution in [0.15, 0.2) is 53.7 Å². The van der Waals surface area contributed by atoms with Gasteiger partial charge in [0.25, 0.3) is 0 Å². The van der Waals surface area contributed by atoms with Crippen molar-refractivity contribution in [3.8, 4) is 22.9 Å². The first-order chi connectivity index (χ1) is 15.0. The summed E-state index contributed by atoms with van der Waals surface area (Å²) in [7, 11) is 1.60. The standard InChI is InChI=1S/C23H28N4O3S/c1-5-27-22(17-9-11-19(12-10-17)30-14-16(2)3)25-26-23(27)31-15-21(28)24-18-7-6-8-20(13-18)29-4/h6-13,16H,5,14-15H2,1-4H3,(H,24,28). The number of nitrogens with one attached hydrogen (secondary N) is 1. The summed E-state index contributed by atoms with van der Waals surface area (Å²) in [6.07, 6.45) is 0. The molecule has 7 nitrogen and oxygen atoms in total. The fourth-order valence-corrected chi connectivity index (χ4v) is 3.69. The van der Waals surface area contributed by atoms with Crippen molar-refractivity contribution in [1.82, 2.24) is 14.8 Å². The van der Waals surface area contributed by atoms with Crippen LogP contribution < -0.4 is 14.8 Å². The van der Waals surface area contributed by atoms with Gasteiger partial charge in [-0.1, -0.05) is 31.7 Å². The molecule has 3 rings (SSSR count). The lowest BCUT2D eigenvalue weighted by Gasteiger charge is -2.10.